The molecule has 0 radical (unpaired) electrons. The molecule has 0 spiro atoms. The summed E-state index contributed by atoms with van der Waals surface area (Å²) in [5.74, 6) is 0.938. The van der Waals surface area contributed by atoms with Crippen molar-refractivity contribution in [2.45, 2.75) is 13.0 Å². The molecule has 0 saturated heterocycles. The van der Waals surface area contributed by atoms with Crippen LogP contribution in [0.2, 0.25) is 0 Å². The van der Waals surface area contributed by atoms with Crippen LogP contribution in [-0.2, 0) is 13.0 Å². The molecule has 1 N–H and O–H groups in total. The lowest BCUT2D eigenvalue weighted by atomic mass is 10.1. The van der Waals surface area contributed by atoms with E-state index >= 15 is 0 Å². The first kappa shape index (κ1) is 14.1. The molecule has 0 fully saturated rings. The van der Waals surface area contributed by atoms with Crippen LogP contribution in [0.1, 0.15) is 11.1 Å². The molecule has 2 aromatic rings. The zero-order valence-corrected chi connectivity index (χ0v) is 12.6. The SMILES string of the molecule is CNCc1cccc(Br)c1OCCc1ccccc1. The summed E-state index contributed by atoms with van der Waals surface area (Å²) in [5, 5.41) is 3.16. The highest BCUT2D eigenvalue weighted by atomic mass is 79.9. The minimum atomic E-state index is 0.684. The number of hydrogen-bond acceptors (Lipinski definition) is 2. The fourth-order valence-corrected chi connectivity index (χ4v) is 2.48. The van der Waals surface area contributed by atoms with Crippen molar-refractivity contribution in [3.8, 4) is 5.75 Å². The van der Waals surface area contributed by atoms with Crippen molar-refractivity contribution in [2.75, 3.05) is 13.7 Å². The Morgan fingerprint density at radius 1 is 1.05 bits per heavy atom. The van der Waals surface area contributed by atoms with Crippen molar-refractivity contribution in [3.05, 3.63) is 64.1 Å². The molecule has 0 saturated carbocycles. The zero-order valence-electron chi connectivity index (χ0n) is 11.0. The monoisotopic (exact) mass is 319 g/mol. The average Bonchev–Trinajstić information content (AvgIpc) is 2.43. The summed E-state index contributed by atoms with van der Waals surface area (Å²) < 4.78 is 6.95. The second-order valence-electron chi connectivity index (χ2n) is 4.34. The van der Waals surface area contributed by atoms with E-state index in [2.05, 4.69) is 51.6 Å². The van der Waals surface area contributed by atoms with E-state index in [4.69, 9.17) is 4.74 Å². The summed E-state index contributed by atoms with van der Waals surface area (Å²) in [7, 11) is 1.94. The zero-order chi connectivity index (χ0) is 13.5. The summed E-state index contributed by atoms with van der Waals surface area (Å²) in [4.78, 5) is 0. The predicted octanol–water partition coefficient (Wildman–Crippen LogP) is 3.79. The molecule has 3 heteroatoms. The van der Waals surface area contributed by atoms with E-state index < -0.39 is 0 Å². The van der Waals surface area contributed by atoms with Gasteiger partial charge in [-0.05, 0) is 34.6 Å². The van der Waals surface area contributed by atoms with Crippen LogP contribution in [0.4, 0.5) is 0 Å². The lowest BCUT2D eigenvalue weighted by Gasteiger charge is -2.13. The van der Waals surface area contributed by atoms with Crippen LogP contribution in [0.15, 0.2) is 53.0 Å². The van der Waals surface area contributed by atoms with Gasteiger partial charge in [0.1, 0.15) is 5.75 Å². The number of rotatable bonds is 6. The number of hydrogen-bond donors (Lipinski definition) is 1. The van der Waals surface area contributed by atoms with Crippen LogP contribution in [0.25, 0.3) is 0 Å². The van der Waals surface area contributed by atoms with Gasteiger partial charge in [0.15, 0.2) is 0 Å². The molecular formula is C16H18BrNO. The summed E-state index contributed by atoms with van der Waals surface area (Å²) in [6.07, 6.45) is 0.918. The maximum absolute atomic E-state index is 5.94. The molecule has 0 aromatic heterocycles. The van der Waals surface area contributed by atoms with Gasteiger partial charge in [-0.1, -0.05) is 42.5 Å². The van der Waals surface area contributed by atoms with Crippen LogP contribution in [-0.4, -0.2) is 13.7 Å². The highest BCUT2D eigenvalue weighted by Crippen LogP contribution is 2.29. The van der Waals surface area contributed by atoms with E-state index in [9.17, 15) is 0 Å². The molecular weight excluding hydrogens is 302 g/mol. The lowest BCUT2D eigenvalue weighted by molar-refractivity contribution is 0.316. The van der Waals surface area contributed by atoms with Crippen molar-refractivity contribution < 1.29 is 4.74 Å². The second-order valence-corrected chi connectivity index (χ2v) is 5.20. The normalized spacial score (nSPS) is 10.4. The Labute approximate surface area is 122 Å². The second kappa shape index (κ2) is 7.31. The van der Waals surface area contributed by atoms with E-state index in [-0.39, 0.29) is 0 Å². The Morgan fingerprint density at radius 2 is 1.84 bits per heavy atom. The molecule has 0 bridgehead atoms. The maximum Gasteiger partial charge on any atom is 0.137 e. The van der Waals surface area contributed by atoms with Gasteiger partial charge in [-0.3, -0.25) is 0 Å². The average molecular weight is 320 g/mol. The van der Waals surface area contributed by atoms with Gasteiger partial charge >= 0.3 is 0 Å². The molecule has 0 aliphatic rings. The van der Waals surface area contributed by atoms with Crippen LogP contribution >= 0.6 is 15.9 Å². The van der Waals surface area contributed by atoms with Gasteiger partial charge in [-0.2, -0.15) is 0 Å². The Kier molecular flexibility index (Phi) is 5.43. The molecule has 0 aliphatic heterocycles. The van der Waals surface area contributed by atoms with Gasteiger partial charge < -0.3 is 10.1 Å². The number of nitrogens with one attached hydrogen (secondary N) is 1. The largest absolute Gasteiger partial charge is 0.492 e. The predicted molar refractivity (Wildman–Crippen MR) is 82.5 cm³/mol. The summed E-state index contributed by atoms with van der Waals surface area (Å²) >= 11 is 3.55. The summed E-state index contributed by atoms with van der Waals surface area (Å²) in [5.41, 5.74) is 2.47. The summed E-state index contributed by atoms with van der Waals surface area (Å²) in [6, 6.07) is 16.5. The maximum atomic E-state index is 5.94. The van der Waals surface area contributed by atoms with Gasteiger partial charge in [-0.25, -0.2) is 0 Å². The van der Waals surface area contributed by atoms with Gasteiger partial charge in [0.25, 0.3) is 0 Å². The Hall–Kier alpha value is -1.32. The molecule has 100 valence electrons. The van der Waals surface area contributed by atoms with E-state index in [0.717, 1.165) is 23.2 Å². The van der Waals surface area contributed by atoms with E-state index in [1.165, 1.54) is 11.1 Å². The molecule has 0 atom stereocenters. The van der Waals surface area contributed by atoms with Crippen LogP contribution < -0.4 is 10.1 Å². The van der Waals surface area contributed by atoms with Gasteiger partial charge in [-0.15, -0.1) is 0 Å². The highest BCUT2D eigenvalue weighted by molar-refractivity contribution is 9.10. The molecule has 0 unspecified atom stereocenters. The van der Waals surface area contributed by atoms with Crippen molar-refractivity contribution in [1.29, 1.82) is 0 Å². The molecule has 0 heterocycles. The number of halogens is 1. The fourth-order valence-electron chi connectivity index (χ4n) is 1.96. The third kappa shape index (κ3) is 4.08. The number of para-hydroxylation sites is 1. The van der Waals surface area contributed by atoms with Crippen molar-refractivity contribution in [1.82, 2.24) is 5.32 Å². The topological polar surface area (TPSA) is 21.3 Å². The first-order chi connectivity index (χ1) is 9.31. The lowest BCUT2D eigenvalue weighted by Crippen LogP contribution is -2.09. The van der Waals surface area contributed by atoms with Crippen molar-refractivity contribution in [3.63, 3.8) is 0 Å². The van der Waals surface area contributed by atoms with Crippen molar-refractivity contribution >= 4 is 15.9 Å². The molecule has 0 aliphatic carbocycles. The smallest absolute Gasteiger partial charge is 0.137 e. The van der Waals surface area contributed by atoms with Crippen LogP contribution in [0.5, 0.6) is 5.75 Å². The van der Waals surface area contributed by atoms with Crippen LogP contribution in [0.3, 0.4) is 0 Å². The van der Waals surface area contributed by atoms with E-state index in [1.54, 1.807) is 0 Å². The van der Waals surface area contributed by atoms with Gasteiger partial charge in [0.05, 0.1) is 11.1 Å². The fraction of sp³-hybridized carbons (Fsp3) is 0.250. The molecule has 2 aromatic carbocycles. The Morgan fingerprint density at radius 3 is 2.58 bits per heavy atom. The Bertz CT molecular complexity index is 513. The minimum absolute atomic E-state index is 0.684. The number of benzene rings is 2. The molecule has 2 nitrogen and oxygen atoms in total. The standard InChI is InChI=1S/C16H18BrNO/c1-18-12-14-8-5-9-15(17)16(14)19-11-10-13-6-3-2-4-7-13/h2-9,18H,10-12H2,1H3. The molecule has 19 heavy (non-hydrogen) atoms. The molecule has 0 amide bonds. The highest BCUT2D eigenvalue weighted by Gasteiger charge is 2.07. The number of ether oxygens (including phenoxy) is 1. The summed E-state index contributed by atoms with van der Waals surface area (Å²) in [6.45, 7) is 1.49. The Balaban J connectivity index is 1.99. The quantitative estimate of drug-likeness (QED) is 0.874. The van der Waals surface area contributed by atoms with Gasteiger partial charge in [0.2, 0.25) is 0 Å². The molecule has 2 rings (SSSR count). The third-order valence-electron chi connectivity index (χ3n) is 2.90. The third-order valence-corrected chi connectivity index (χ3v) is 3.52. The van der Waals surface area contributed by atoms with E-state index in [0.29, 0.717) is 6.61 Å². The van der Waals surface area contributed by atoms with Crippen molar-refractivity contribution in [2.24, 2.45) is 0 Å². The first-order valence-corrected chi connectivity index (χ1v) is 7.19. The van der Waals surface area contributed by atoms with Crippen LogP contribution in [0, 0.1) is 0 Å². The van der Waals surface area contributed by atoms with E-state index in [1.807, 2.05) is 25.2 Å². The van der Waals surface area contributed by atoms with Gasteiger partial charge in [0, 0.05) is 18.5 Å². The minimum Gasteiger partial charge on any atom is -0.492 e. The first-order valence-electron chi connectivity index (χ1n) is 6.40.